The Morgan fingerprint density at radius 1 is 1.03 bits per heavy atom. The molecule has 0 radical (unpaired) electrons. The summed E-state index contributed by atoms with van der Waals surface area (Å²) in [4.78, 5) is 54.7. The highest BCUT2D eigenvalue weighted by Crippen LogP contribution is 2.09. The van der Waals surface area contributed by atoms with Crippen molar-refractivity contribution in [1.29, 1.82) is 0 Å². The van der Waals surface area contributed by atoms with E-state index in [-0.39, 0.29) is 48.7 Å². The summed E-state index contributed by atoms with van der Waals surface area (Å²) in [5.41, 5.74) is 5.64. The van der Waals surface area contributed by atoms with Crippen LogP contribution in [0.4, 0.5) is 0 Å². The SMILES string of the molecule is CC(=O)NCc1nc(C(=O)NCC(=O)NCc2nc(C(=O)NCCCN)cs2)co1. The fourth-order valence-electron chi connectivity index (χ4n) is 2.08. The molecule has 0 fully saturated rings. The van der Waals surface area contributed by atoms with Crippen molar-refractivity contribution in [2.45, 2.75) is 26.4 Å². The van der Waals surface area contributed by atoms with Crippen LogP contribution in [-0.2, 0) is 22.7 Å². The van der Waals surface area contributed by atoms with Crippen LogP contribution in [0, 0.1) is 0 Å². The zero-order chi connectivity index (χ0) is 21.9. The minimum absolute atomic E-state index is 0.00614. The van der Waals surface area contributed by atoms with E-state index in [4.69, 9.17) is 10.2 Å². The molecular formula is C17H23N7O5S. The highest BCUT2D eigenvalue weighted by molar-refractivity contribution is 7.09. The maximum Gasteiger partial charge on any atom is 0.273 e. The van der Waals surface area contributed by atoms with Crippen LogP contribution in [-0.4, -0.2) is 53.2 Å². The van der Waals surface area contributed by atoms with Gasteiger partial charge in [0.05, 0.1) is 19.6 Å². The Hall–Kier alpha value is -3.32. The van der Waals surface area contributed by atoms with E-state index >= 15 is 0 Å². The van der Waals surface area contributed by atoms with Crippen LogP contribution in [0.25, 0.3) is 0 Å². The Kier molecular flexibility index (Phi) is 8.90. The summed E-state index contributed by atoms with van der Waals surface area (Å²) >= 11 is 1.24. The third-order valence-corrected chi connectivity index (χ3v) is 4.42. The zero-order valence-corrected chi connectivity index (χ0v) is 17.1. The van der Waals surface area contributed by atoms with E-state index in [1.54, 1.807) is 5.38 Å². The number of oxazole rings is 1. The van der Waals surface area contributed by atoms with Crippen molar-refractivity contribution in [2.75, 3.05) is 19.6 Å². The smallest absolute Gasteiger partial charge is 0.273 e. The normalized spacial score (nSPS) is 10.3. The molecule has 162 valence electrons. The third-order valence-electron chi connectivity index (χ3n) is 3.57. The summed E-state index contributed by atoms with van der Waals surface area (Å²) < 4.78 is 5.07. The van der Waals surface area contributed by atoms with Gasteiger partial charge >= 0.3 is 0 Å². The summed E-state index contributed by atoms with van der Waals surface area (Å²) in [6.07, 6.45) is 1.82. The molecule has 0 aliphatic heterocycles. The lowest BCUT2D eigenvalue weighted by molar-refractivity contribution is -0.120. The molecule has 0 aliphatic rings. The molecule has 6 N–H and O–H groups in total. The summed E-state index contributed by atoms with van der Waals surface area (Å²) in [6, 6.07) is 0. The highest BCUT2D eigenvalue weighted by Gasteiger charge is 2.14. The molecule has 0 saturated carbocycles. The van der Waals surface area contributed by atoms with Crippen molar-refractivity contribution in [3.05, 3.63) is 33.9 Å². The topological polar surface area (TPSA) is 181 Å². The van der Waals surface area contributed by atoms with Crippen molar-refractivity contribution < 1.29 is 23.6 Å². The van der Waals surface area contributed by atoms with Crippen molar-refractivity contribution in [3.8, 4) is 0 Å². The number of nitrogens with one attached hydrogen (secondary N) is 4. The Morgan fingerprint density at radius 2 is 1.80 bits per heavy atom. The number of aromatic nitrogens is 2. The molecule has 2 heterocycles. The average Bonchev–Trinajstić information content (AvgIpc) is 3.38. The first-order valence-corrected chi connectivity index (χ1v) is 9.93. The zero-order valence-electron chi connectivity index (χ0n) is 16.3. The number of carbonyl (C=O) groups is 4. The molecule has 0 aromatic carbocycles. The van der Waals surface area contributed by atoms with Crippen LogP contribution < -0.4 is 27.0 Å². The van der Waals surface area contributed by atoms with Crippen LogP contribution in [0.2, 0.25) is 0 Å². The first-order valence-electron chi connectivity index (χ1n) is 9.05. The van der Waals surface area contributed by atoms with Gasteiger partial charge in [-0.2, -0.15) is 0 Å². The molecule has 4 amide bonds. The minimum Gasteiger partial charge on any atom is -0.446 e. The summed E-state index contributed by atoms with van der Waals surface area (Å²) in [5, 5.41) is 12.4. The number of hydrogen-bond donors (Lipinski definition) is 5. The number of rotatable bonds is 11. The highest BCUT2D eigenvalue weighted by atomic mass is 32.1. The molecule has 2 rings (SSSR count). The lowest BCUT2D eigenvalue weighted by Gasteiger charge is -2.04. The predicted octanol–water partition coefficient (Wildman–Crippen LogP) is -1.11. The van der Waals surface area contributed by atoms with Gasteiger partial charge in [-0.25, -0.2) is 9.97 Å². The van der Waals surface area contributed by atoms with Crippen LogP contribution >= 0.6 is 11.3 Å². The van der Waals surface area contributed by atoms with Gasteiger partial charge in [0.2, 0.25) is 17.7 Å². The lowest BCUT2D eigenvalue weighted by Crippen LogP contribution is -2.36. The Labute approximate surface area is 176 Å². The molecule has 0 unspecified atom stereocenters. The van der Waals surface area contributed by atoms with Gasteiger partial charge in [0, 0.05) is 18.8 Å². The number of thiazole rings is 1. The molecule has 30 heavy (non-hydrogen) atoms. The van der Waals surface area contributed by atoms with Crippen LogP contribution in [0.5, 0.6) is 0 Å². The molecule has 0 aliphatic carbocycles. The summed E-state index contributed by atoms with van der Waals surface area (Å²) in [7, 11) is 0. The largest absolute Gasteiger partial charge is 0.446 e. The molecule has 2 aromatic rings. The molecule has 0 spiro atoms. The maximum absolute atomic E-state index is 12.0. The number of nitrogens with two attached hydrogens (primary N) is 1. The molecule has 2 aromatic heterocycles. The first-order chi connectivity index (χ1) is 14.4. The van der Waals surface area contributed by atoms with Gasteiger partial charge in [0.15, 0.2) is 5.69 Å². The molecule has 13 heteroatoms. The maximum atomic E-state index is 12.0. The second-order valence-corrected chi connectivity index (χ2v) is 6.96. The van der Waals surface area contributed by atoms with E-state index in [2.05, 4.69) is 31.2 Å². The van der Waals surface area contributed by atoms with E-state index in [1.807, 2.05) is 0 Å². The van der Waals surface area contributed by atoms with Crippen molar-refractivity contribution >= 4 is 35.0 Å². The van der Waals surface area contributed by atoms with Crippen LogP contribution in [0.1, 0.15) is 45.2 Å². The Balaban J connectivity index is 1.71. The monoisotopic (exact) mass is 437 g/mol. The predicted molar refractivity (Wildman–Crippen MR) is 106 cm³/mol. The quantitative estimate of drug-likeness (QED) is 0.274. The molecular weight excluding hydrogens is 414 g/mol. The number of nitrogens with zero attached hydrogens (tertiary/aromatic N) is 2. The van der Waals surface area contributed by atoms with Crippen molar-refractivity contribution in [3.63, 3.8) is 0 Å². The van der Waals surface area contributed by atoms with Gasteiger partial charge in [-0.05, 0) is 13.0 Å². The lowest BCUT2D eigenvalue weighted by atomic mass is 10.4. The Bertz CT molecular complexity index is 895. The van der Waals surface area contributed by atoms with E-state index in [0.29, 0.717) is 24.5 Å². The van der Waals surface area contributed by atoms with Crippen molar-refractivity contribution in [2.24, 2.45) is 5.73 Å². The van der Waals surface area contributed by atoms with Gasteiger partial charge in [-0.1, -0.05) is 0 Å². The standard InChI is InChI=1S/C17H23N7O5S/c1-10(25)20-6-14-23-11(8-29-14)16(27)22-5-13(26)21-7-15-24-12(9-30-15)17(28)19-4-2-3-18/h8-9H,2-7,18H2,1H3,(H,19,28)(H,20,25)(H,21,26)(H,22,27). The van der Waals surface area contributed by atoms with E-state index in [0.717, 1.165) is 6.26 Å². The van der Waals surface area contributed by atoms with Gasteiger partial charge in [-0.3, -0.25) is 19.2 Å². The number of carbonyl (C=O) groups excluding carboxylic acids is 4. The summed E-state index contributed by atoms with van der Waals surface area (Å²) in [5.74, 6) is -1.40. The van der Waals surface area contributed by atoms with Crippen molar-refractivity contribution in [1.82, 2.24) is 31.2 Å². The second kappa shape index (κ2) is 11.6. The Morgan fingerprint density at radius 3 is 2.53 bits per heavy atom. The summed E-state index contributed by atoms with van der Waals surface area (Å²) in [6.45, 7) is 2.22. The second-order valence-electron chi connectivity index (χ2n) is 6.02. The number of amides is 4. The fraction of sp³-hybridized carbons (Fsp3) is 0.412. The van der Waals surface area contributed by atoms with Gasteiger partial charge in [0.25, 0.3) is 11.8 Å². The molecule has 0 bridgehead atoms. The van der Waals surface area contributed by atoms with Crippen LogP contribution in [0.15, 0.2) is 16.1 Å². The van der Waals surface area contributed by atoms with E-state index < -0.39 is 11.8 Å². The van der Waals surface area contributed by atoms with Gasteiger partial charge < -0.3 is 31.4 Å². The van der Waals surface area contributed by atoms with Gasteiger partial charge in [-0.15, -0.1) is 11.3 Å². The fourth-order valence-corrected chi connectivity index (χ4v) is 2.79. The first kappa shape index (κ1) is 23.0. The third kappa shape index (κ3) is 7.60. The number of hydrogen-bond acceptors (Lipinski definition) is 9. The van der Waals surface area contributed by atoms with Gasteiger partial charge in [0.1, 0.15) is 17.0 Å². The molecule has 12 nitrogen and oxygen atoms in total. The average molecular weight is 437 g/mol. The molecule has 0 atom stereocenters. The van der Waals surface area contributed by atoms with Crippen LogP contribution in [0.3, 0.4) is 0 Å². The minimum atomic E-state index is -0.589. The van der Waals surface area contributed by atoms with E-state index in [9.17, 15) is 19.2 Å². The molecule has 0 saturated heterocycles. The van der Waals surface area contributed by atoms with E-state index in [1.165, 1.54) is 18.3 Å².